The molecule has 1 aromatic rings. The van der Waals surface area contributed by atoms with E-state index in [4.69, 9.17) is 19.9 Å². The van der Waals surface area contributed by atoms with Crippen LogP contribution in [0.4, 0.5) is 0 Å². The number of ether oxygens (including phenoxy) is 3. The lowest BCUT2D eigenvalue weighted by Crippen LogP contribution is -2.38. The summed E-state index contributed by atoms with van der Waals surface area (Å²) in [6.07, 6.45) is 0.851. The molecule has 1 heterocycles. The molecule has 0 amide bonds. The van der Waals surface area contributed by atoms with Gasteiger partial charge in [-0.25, -0.2) is 0 Å². The minimum Gasteiger partial charge on any atom is -0.493 e. The fourth-order valence-electron chi connectivity index (χ4n) is 2.27. The zero-order chi connectivity index (χ0) is 14.2. The first kappa shape index (κ1) is 15.1. The Labute approximate surface area is 120 Å². The lowest BCUT2D eigenvalue weighted by atomic mass is 10.1. The van der Waals surface area contributed by atoms with Crippen molar-refractivity contribution in [3.05, 3.63) is 23.8 Å². The predicted octanol–water partition coefficient (Wildman–Crippen LogP) is 0.907. The molecule has 0 aliphatic carbocycles. The van der Waals surface area contributed by atoms with Crippen LogP contribution in [0.3, 0.4) is 0 Å². The molecule has 5 nitrogen and oxygen atoms in total. The minimum atomic E-state index is 0.638. The SMILES string of the molecule is COc1ccc(CCN)cc1OCCN1CCOCC1. The molecule has 0 saturated carbocycles. The maximum atomic E-state index is 5.87. The van der Waals surface area contributed by atoms with E-state index in [1.807, 2.05) is 18.2 Å². The second-order valence-electron chi connectivity index (χ2n) is 4.83. The number of morpholine rings is 1. The molecular formula is C15H24N2O3. The topological polar surface area (TPSA) is 57.0 Å². The van der Waals surface area contributed by atoms with E-state index in [0.717, 1.165) is 50.8 Å². The highest BCUT2D eigenvalue weighted by atomic mass is 16.5. The van der Waals surface area contributed by atoms with Gasteiger partial charge in [-0.05, 0) is 30.7 Å². The summed E-state index contributed by atoms with van der Waals surface area (Å²) in [7, 11) is 1.66. The molecule has 112 valence electrons. The summed E-state index contributed by atoms with van der Waals surface area (Å²) in [5, 5.41) is 0. The van der Waals surface area contributed by atoms with Crippen LogP contribution in [-0.4, -0.2) is 58.0 Å². The van der Waals surface area contributed by atoms with Gasteiger partial charge in [0.15, 0.2) is 11.5 Å². The Morgan fingerprint density at radius 3 is 2.75 bits per heavy atom. The Hall–Kier alpha value is -1.30. The molecule has 2 rings (SSSR count). The van der Waals surface area contributed by atoms with Crippen LogP contribution < -0.4 is 15.2 Å². The first-order valence-corrected chi connectivity index (χ1v) is 7.13. The maximum absolute atomic E-state index is 5.87. The van der Waals surface area contributed by atoms with Crippen molar-refractivity contribution >= 4 is 0 Å². The molecule has 0 aromatic heterocycles. The van der Waals surface area contributed by atoms with E-state index < -0.39 is 0 Å². The van der Waals surface area contributed by atoms with Crippen LogP contribution in [0.2, 0.25) is 0 Å². The second-order valence-corrected chi connectivity index (χ2v) is 4.83. The summed E-state index contributed by atoms with van der Waals surface area (Å²) in [5.41, 5.74) is 6.76. The zero-order valence-corrected chi connectivity index (χ0v) is 12.1. The molecule has 0 unspecified atom stereocenters. The van der Waals surface area contributed by atoms with Gasteiger partial charge < -0.3 is 19.9 Å². The van der Waals surface area contributed by atoms with Crippen LogP contribution in [0, 0.1) is 0 Å². The third kappa shape index (κ3) is 4.37. The number of nitrogens with two attached hydrogens (primary N) is 1. The van der Waals surface area contributed by atoms with Crippen LogP contribution in [-0.2, 0) is 11.2 Å². The highest BCUT2D eigenvalue weighted by molar-refractivity contribution is 5.43. The fraction of sp³-hybridized carbons (Fsp3) is 0.600. The van der Waals surface area contributed by atoms with Gasteiger partial charge in [0.25, 0.3) is 0 Å². The van der Waals surface area contributed by atoms with E-state index in [2.05, 4.69) is 4.90 Å². The lowest BCUT2D eigenvalue weighted by Gasteiger charge is -2.26. The molecule has 0 radical (unpaired) electrons. The van der Waals surface area contributed by atoms with Gasteiger partial charge in [-0.2, -0.15) is 0 Å². The van der Waals surface area contributed by atoms with Crippen LogP contribution in [0.5, 0.6) is 11.5 Å². The van der Waals surface area contributed by atoms with Gasteiger partial charge in [0.05, 0.1) is 20.3 Å². The molecular weight excluding hydrogens is 256 g/mol. The van der Waals surface area contributed by atoms with Gasteiger partial charge in [0.2, 0.25) is 0 Å². The molecule has 0 spiro atoms. The third-order valence-electron chi connectivity index (χ3n) is 3.43. The molecule has 0 atom stereocenters. The summed E-state index contributed by atoms with van der Waals surface area (Å²) >= 11 is 0. The van der Waals surface area contributed by atoms with Crippen molar-refractivity contribution in [3.63, 3.8) is 0 Å². The van der Waals surface area contributed by atoms with E-state index in [1.165, 1.54) is 5.56 Å². The molecule has 1 saturated heterocycles. The molecule has 20 heavy (non-hydrogen) atoms. The minimum absolute atomic E-state index is 0.638. The van der Waals surface area contributed by atoms with Crippen LogP contribution in [0.25, 0.3) is 0 Å². The number of hydrogen-bond acceptors (Lipinski definition) is 5. The van der Waals surface area contributed by atoms with Gasteiger partial charge in [0.1, 0.15) is 6.61 Å². The van der Waals surface area contributed by atoms with Crippen molar-refractivity contribution in [1.82, 2.24) is 4.90 Å². The van der Waals surface area contributed by atoms with E-state index in [1.54, 1.807) is 7.11 Å². The maximum Gasteiger partial charge on any atom is 0.161 e. The van der Waals surface area contributed by atoms with Gasteiger partial charge in [0, 0.05) is 19.6 Å². The second kappa shape index (κ2) is 8.09. The predicted molar refractivity (Wildman–Crippen MR) is 78.5 cm³/mol. The summed E-state index contributed by atoms with van der Waals surface area (Å²) in [5.74, 6) is 1.57. The van der Waals surface area contributed by atoms with E-state index in [0.29, 0.717) is 13.2 Å². The molecule has 1 aliphatic heterocycles. The highest BCUT2D eigenvalue weighted by Crippen LogP contribution is 2.28. The molecule has 0 bridgehead atoms. The van der Waals surface area contributed by atoms with Crippen LogP contribution in [0.1, 0.15) is 5.56 Å². The molecule has 1 fully saturated rings. The summed E-state index contributed by atoms with van der Waals surface area (Å²) in [4.78, 5) is 2.35. The monoisotopic (exact) mass is 280 g/mol. The van der Waals surface area contributed by atoms with Gasteiger partial charge in [-0.3, -0.25) is 4.90 Å². The average Bonchev–Trinajstić information content (AvgIpc) is 2.49. The third-order valence-corrected chi connectivity index (χ3v) is 3.43. The Morgan fingerprint density at radius 2 is 2.05 bits per heavy atom. The quantitative estimate of drug-likeness (QED) is 0.804. The standard InChI is InChI=1S/C15H24N2O3/c1-18-14-3-2-13(4-5-16)12-15(14)20-11-8-17-6-9-19-10-7-17/h2-3,12H,4-11,16H2,1H3. The van der Waals surface area contributed by atoms with Crippen LogP contribution in [0.15, 0.2) is 18.2 Å². The van der Waals surface area contributed by atoms with Crippen molar-refractivity contribution in [2.45, 2.75) is 6.42 Å². The fourth-order valence-corrected chi connectivity index (χ4v) is 2.27. The summed E-state index contributed by atoms with van der Waals surface area (Å²) < 4.78 is 16.5. The lowest BCUT2D eigenvalue weighted by molar-refractivity contribution is 0.0321. The van der Waals surface area contributed by atoms with E-state index >= 15 is 0 Å². The van der Waals surface area contributed by atoms with Crippen LogP contribution >= 0.6 is 0 Å². The Morgan fingerprint density at radius 1 is 1.25 bits per heavy atom. The first-order chi connectivity index (χ1) is 9.83. The Bertz CT molecular complexity index is 406. The largest absolute Gasteiger partial charge is 0.493 e. The number of hydrogen-bond donors (Lipinski definition) is 1. The first-order valence-electron chi connectivity index (χ1n) is 7.13. The Kier molecular flexibility index (Phi) is 6.11. The van der Waals surface area contributed by atoms with Crippen molar-refractivity contribution in [2.24, 2.45) is 5.73 Å². The molecule has 2 N–H and O–H groups in total. The molecule has 5 heteroatoms. The molecule has 1 aromatic carbocycles. The van der Waals surface area contributed by atoms with Gasteiger partial charge >= 0.3 is 0 Å². The summed E-state index contributed by atoms with van der Waals surface area (Å²) in [6.45, 7) is 5.79. The number of nitrogens with zero attached hydrogens (tertiary/aromatic N) is 1. The number of methoxy groups -OCH3 is 1. The van der Waals surface area contributed by atoms with Crippen molar-refractivity contribution in [2.75, 3.05) is 53.1 Å². The Balaban J connectivity index is 1.87. The highest BCUT2D eigenvalue weighted by Gasteiger charge is 2.11. The van der Waals surface area contributed by atoms with Gasteiger partial charge in [-0.15, -0.1) is 0 Å². The van der Waals surface area contributed by atoms with Gasteiger partial charge in [-0.1, -0.05) is 6.07 Å². The van der Waals surface area contributed by atoms with Crippen molar-refractivity contribution in [1.29, 1.82) is 0 Å². The average molecular weight is 280 g/mol. The number of benzene rings is 1. The number of rotatable bonds is 7. The van der Waals surface area contributed by atoms with E-state index in [-0.39, 0.29) is 0 Å². The van der Waals surface area contributed by atoms with Crippen molar-refractivity contribution < 1.29 is 14.2 Å². The van der Waals surface area contributed by atoms with E-state index in [9.17, 15) is 0 Å². The smallest absolute Gasteiger partial charge is 0.161 e. The normalized spacial score (nSPS) is 16.1. The molecule has 1 aliphatic rings. The van der Waals surface area contributed by atoms with Crippen molar-refractivity contribution in [3.8, 4) is 11.5 Å². The zero-order valence-electron chi connectivity index (χ0n) is 12.1. The summed E-state index contributed by atoms with van der Waals surface area (Å²) in [6, 6.07) is 5.99.